The van der Waals surface area contributed by atoms with E-state index in [4.69, 9.17) is 43.2 Å². The van der Waals surface area contributed by atoms with Crippen molar-refractivity contribution in [1.82, 2.24) is 39.0 Å². The van der Waals surface area contributed by atoms with Crippen molar-refractivity contribution < 1.29 is 13.3 Å². The SMILES string of the molecule is c1ccc(-c2ccc(-c3nc(-c4ccccc4)nc(-c4ccc(-n5c6ccccc6c6cc7c(cc65)oc5ccccc57)cc4)n3)cc2)cc1.c1ccc(-c2nc(-c3cccc4c3oc3ccccc34)nc(-n3c4ccccc4c4cc5c(cc43)oc3ccccc35)n2)cc1. The van der Waals surface area contributed by atoms with Gasteiger partial charge in [-0.2, -0.15) is 9.97 Å². The summed E-state index contributed by atoms with van der Waals surface area (Å²) < 4.78 is 23.5. The molecule has 0 spiro atoms. The normalized spacial score (nSPS) is 11.8. The van der Waals surface area contributed by atoms with Crippen LogP contribution >= 0.6 is 0 Å². The van der Waals surface area contributed by atoms with Crippen molar-refractivity contribution in [3.63, 3.8) is 0 Å². The van der Waals surface area contributed by atoms with Crippen LogP contribution in [0.2, 0.25) is 0 Å². The molecule has 11 heteroatoms. The molecular formula is C84H50N8O3. The standard InChI is InChI=1S/C45H28N4O.C39H22N4O2/c1-3-11-29(12-4-1)30-19-21-32(22-20-30)44-46-43(31-13-5-2-6-14-31)47-45(48-44)33-23-25-34(26-24-33)49-39-17-9-7-15-35(39)37-27-38-36-16-8-10-18-41(36)50-42(38)28-40(37)49;1-2-11-23(12-3-1)37-40-38(28-17-10-16-27-25-14-5-9-20-34(25)45-36(27)28)42-39(41-37)43-31-18-7-4-13-24(31)29-21-30-26-15-6-8-19-33(26)44-35(30)22-32(29)43/h1-28H;1-22H. The van der Waals surface area contributed by atoms with E-state index in [1.165, 1.54) is 16.3 Å². The molecule has 0 unspecified atom stereocenters. The van der Waals surface area contributed by atoms with Crippen molar-refractivity contribution in [3.8, 4) is 79.7 Å². The molecule has 0 radical (unpaired) electrons. The lowest BCUT2D eigenvalue weighted by molar-refractivity contribution is 0.669. The topological polar surface area (TPSA) is 127 Å². The first-order chi connectivity index (χ1) is 47.1. The summed E-state index contributed by atoms with van der Waals surface area (Å²) in [5.41, 5.74) is 17.1. The predicted molar refractivity (Wildman–Crippen MR) is 383 cm³/mol. The molecular weight excluding hydrogens is 1170 g/mol. The number of benzene rings is 13. The van der Waals surface area contributed by atoms with Crippen LogP contribution in [0.4, 0.5) is 0 Å². The Balaban J connectivity index is 0.000000135. The zero-order chi connectivity index (χ0) is 62.5. The molecule has 0 bridgehead atoms. The average molecular weight is 1220 g/mol. The molecule has 0 aliphatic carbocycles. The van der Waals surface area contributed by atoms with E-state index in [2.05, 4.69) is 179 Å². The number of nitrogens with zero attached hydrogens (tertiary/aromatic N) is 8. The first-order valence-electron chi connectivity index (χ1n) is 31.6. The number of rotatable bonds is 8. The van der Waals surface area contributed by atoms with Gasteiger partial charge in [0.2, 0.25) is 5.95 Å². The Bertz CT molecular complexity index is 6390. The average Bonchev–Trinajstić information content (AvgIpc) is 1.58. The molecule has 0 atom stereocenters. The summed E-state index contributed by atoms with van der Waals surface area (Å²) in [5.74, 6) is 3.54. The number of aromatic nitrogens is 8. The molecule has 95 heavy (non-hydrogen) atoms. The summed E-state index contributed by atoms with van der Waals surface area (Å²) in [4.78, 5) is 30.2. The van der Waals surface area contributed by atoms with Crippen molar-refractivity contribution in [1.29, 1.82) is 0 Å². The van der Waals surface area contributed by atoms with Gasteiger partial charge >= 0.3 is 0 Å². The van der Waals surface area contributed by atoms with E-state index in [0.29, 0.717) is 35.1 Å². The van der Waals surface area contributed by atoms with Crippen LogP contribution in [0.15, 0.2) is 317 Å². The second-order valence-electron chi connectivity index (χ2n) is 23.7. The first kappa shape index (κ1) is 53.7. The quantitative estimate of drug-likeness (QED) is 0.146. The van der Waals surface area contributed by atoms with Crippen LogP contribution < -0.4 is 0 Å². The summed E-state index contributed by atoms with van der Waals surface area (Å²) in [7, 11) is 0. The fourth-order valence-electron chi connectivity index (χ4n) is 13.6. The molecule has 7 aromatic heterocycles. The van der Waals surface area contributed by atoms with Crippen LogP contribution in [0.1, 0.15) is 0 Å². The number of hydrogen-bond acceptors (Lipinski definition) is 9. The number of fused-ring (bicyclic) bond motifs is 15. The molecule has 7 heterocycles. The first-order valence-corrected chi connectivity index (χ1v) is 31.6. The Morgan fingerprint density at radius 3 is 1.13 bits per heavy atom. The summed E-state index contributed by atoms with van der Waals surface area (Å²) >= 11 is 0. The molecule has 444 valence electrons. The predicted octanol–water partition coefficient (Wildman–Crippen LogP) is 21.6. The summed E-state index contributed by atoms with van der Waals surface area (Å²) in [5, 5.41) is 11.1. The zero-order valence-corrected chi connectivity index (χ0v) is 50.7. The van der Waals surface area contributed by atoms with E-state index in [1.807, 2.05) is 133 Å². The maximum atomic E-state index is 6.41. The third-order valence-corrected chi connectivity index (χ3v) is 18.1. The summed E-state index contributed by atoms with van der Waals surface area (Å²) in [6.07, 6.45) is 0. The van der Waals surface area contributed by atoms with Crippen molar-refractivity contribution in [2.45, 2.75) is 0 Å². The Morgan fingerprint density at radius 2 is 0.579 bits per heavy atom. The molecule has 0 fully saturated rings. The van der Waals surface area contributed by atoms with Gasteiger partial charge in [-0.3, -0.25) is 4.57 Å². The van der Waals surface area contributed by atoms with Crippen LogP contribution in [0.25, 0.3) is 189 Å². The Hall–Kier alpha value is -13.1. The minimum Gasteiger partial charge on any atom is -0.456 e. The lowest BCUT2D eigenvalue weighted by atomic mass is 10.0. The van der Waals surface area contributed by atoms with Crippen molar-refractivity contribution in [2.24, 2.45) is 0 Å². The maximum Gasteiger partial charge on any atom is 0.238 e. The van der Waals surface area contributed by atoms with Crippen molar-refractivity contribution in [3.05, 3.63) is 303 Å². The number of para-hydroxylation sites is 6. The van der Waals surface area contributed by atoms with Crippen LogP contribution in [-0.4, -0.2) is 39.0 Å². The minimum absolute atomic E-state index is 0.522. The third-order valence-electron chi connectivity index (χ3n) is 18.1. The molecule has 0 N–H and O–H groups in total. The molecule has 11 nitrogen and oxygen atoms in total. The number of furan rings is 3. The van der Waals surface area contributed by atoms with Gasteiger partial charge in [0.05, 0.1) is 27.6 Å². The molecule has 0 amide bonds. The highest BCUT2D eigenvalue weighted by molar-refractivity contribution is 6.19. The van der Waals surface area contributed by atoms with E-state index >= 15 is 0 Å². The van der Waals surface area contributed by atoms with E-state index in [-0.39, 0.29) is 0 Å². The van der Waals surface area contributed by atoms with Gasteiger partial charge in [-0.15, -0.1) is 0 Å². The van der Waals surface area contributed by atoms with Crippen LogP contribution in [0.3, 0.4) is 0 Å². The van der Waals surface area contributed by atoms with Crippen LogP contribution in [-0.2, 0) is 0 Å². The fourth-order valence-corrected chi connectivity index (χ4v) is 13.6. The van der Waals surface area contributed by atoms with Crippen molar-refractivity contribution >= 4 is 109 Å². The fraction of sp³-hybridized carbons (Fsp3) is 0. The lowest BCUT2D eigenvalue weighted by Crippen LogP contribution is -2.06. The third kappa shape index (κ3) is 9.04. The van der Waals surface area contributed by atoms with Gasteiger partial charge in [-0.1, -0.05) is 218 Å². The molecule has 20 aromatic rings. The van der Waals surface area contributed by atoms with Gasteiger partial charge in [0.1, 0.15) is 33.5 Å². The van der Waals surface area contributed by atoms with E-state index in [9.17, 15) is 0 Å². The van der Waals surface area contributed by atoms with Gasteiger partial charge < -0.3 is 17.8 Å². The van der Waals surface area contributed by atoms with Gasteiger partial charge in [0.15, 0.2) is 29.1 Å². The summed E-state index contributed by atoms with van der Waals surface area (Å²) in [6.45, 7) is 0. The highest BCUT2D eigenvalue weighted by Gasteiger charge is 2.23. The minimum atomic E-state index is 0.522. The highest BCUT2D eigenvalue weighted by Crippen LogP contribution is 2.42. The van der Waals surface area contributed by atoms with Crippen LogP contribution in [0.5, 0.6) is 0 Å². The number of hydrogen-bond donors (Lipinski definition) is 0. The van der Waals surface area contributed by atoms with E-state index in [0.717, 1.165) is 138 Å². The van der Waals surface area contributed by atoms with Gasteiger partial charge in [-0.05, 0) is 83.9 Å². The highest BCUT2D eigenvalue weighted by atomic mass is 16.3. The van der Waals surface area contributed by atoms with E-state index < -0.39 is 0 Å². The molecule has 0 aliphatic rings. The van der Waals surface area contributed by atoms with E-state index in [1.54, 1.807) is 0 Å². The van der Waals surface area contributed by atoms with Crippen molar-refractivity contribution in [2.75, 3.05) is 0 Å². The lowest BCUT2D eigenvalue weighted by Gasteiger charge is -2.11. The molecule has 0 saturated carbocycles. The molecule has 13 aromatic carbocycles. The molecule has 0 aliphatic heterocycles. The Kier molecular flexibility index (Phi) is 12.3. The monoisotopic (exact) mass is 1220 g/mol. The summed E-state index contributed by atoms with van der Waals surface area (Å²) in [6, 6.07) is 104. The van der Waals surface area contributed by atoms with Crippen LogP contribution in [0, 0.1) is 0 Å². The second kappa shape index (κ2) is 21.8. The van der Waals surface area contributed by atoms with Gasteiger partial charge in [0, 0.05) is 93.9 Å². The largest absolute Gasteiger partial charge is 0.456 e. The van der Waals surface area contributed by atoms with Gasteiger partial charge in [-0.25, -0.2) is 19.9 Å². The Labute approximate surface area is 541 Å². The maximum absolute atomic E-state index is 6.41. The Morgan fingerprint density at radius 1 is 0.211 bits per heavy atom. The molecule has 0 saturated heterocycles. The molecule has 20 rings (SSSR count). The smallest absolute Gasteiger partial charge is 0.238 e. The van der Waals surface area contributed by atoms with Gasteiger partial charge in [0.25, 0.3) is 0 Å². The zero-order valence-electron chi connectivity index (χ0n) is 50.7. The second-order valence-corrected chi connectivity index (χ2v) is 23.7.